The van der Waals surface area contributed by atoms with Gasteiger partial charge in [0, 0.05) is 24.7 Å². The fourth-order valence-electron chi connectivity index (χ4n) is 1.90. The van der Waals surface area contributed by atoms with E-state index in [1.807, 2.05) is 6.20 Å². The highest BCUT2D eigenvalue weighted by Gasteiger charge is 2.25. The SMILES string of the molecule is Cc1ccc(N(CCCl)C2CCC2)nc1. The number of nitrogens with zero attached hydrogens (tertiary/aromatic N) is 2. The Morgan fingerprint density at radius 1 is 1.47 bits per heavy atom. The zero-order valence-electron chi connectivity index (χ0n) is 9.12. The van der Waals surface area contributed by atoms with E-state index < -0.39 is 0 Å². The number of hydrogen-bond acceptors (Lipinski definition) is 2. The minimum absolute atomic E-state index is 0.666. The highest BCUT2D eigenvalue weighted by atomic mass is 35.5. The number of pyridine rings is 1. The van der Waals surface area contributed by atoms with Crippen molar-refractivity contribution >= 4 is 17.4 Å². The number of hydrogen-bond donors (Lipinski definition) is 0. The van der Waals surface area contributed by atoms with E-state index in [0.717, 1.165) is 12.4 Å². The monoisotopic (exact) mass is 224 g/mol. The molecule has 1 fully saturated rings. The van der Waals surface area contributed by atoms with Crippen molar-refractivity contribution in [1.82, 2.24) is 4.98 Å². The molecule has 0 atom stereocenters. The van der Waals surface area contributed by atoms with Gasteiger partial charge in [0.15, 0.2) is 0 Å². The Morgan fingerprint density at radius 3 is 2.73 bits per heavy atom. The smallest absolute Gasteiger partial charge is 0.128 e. The molecule has 1 aromatic rings. The second-order valence-corrected chi connectivity index (χ2v) is 4.54. The topological polar surface area (TPSA) is 16.1 Å². The molecular formula is C12H17ClN2. The van der Waals surface area contributed by atoms with Crippen LogP contribution in [0.5, 0.6) is 0 Å². The van der Waals surface area contributed by atoms with Gasteiger partial charge >= 0.3 is 0 Å². The Bertz CT molecular complexity index is 306. The second-order valence-electron chi connectivity index (χ2n) is 4.16. The summed E-state index contributed by atoms with van der Waals surface area (Å²) in [7, 11) is 0. The van der Waals surface area contributed by atoms with Gasteiger partial charge in [-0.2, -0.15) is 0 Å². The van der Waals surface area contributed by atoms with Gasteiger partial charge in [-0.15, -0.1) is 11.6 Å². The first-order valence-corrected chi connectivity index (χ1v) is 6.10. The third kappa shape index (κ3) is 2.43. The number of halogens is 1. The summed E-state index contributed by atoms with van der Waals surface area (Å²) in [5.41, 5.74) is 1.21. The molecule has 0 bridgehead atoms. The predicted molar refractivity (Wildman–Crippen MR) is 64.7 cm³/mol. The first-order valence-electron chi connectivity index (χ1n) is 5.56. The third-order valence-corrected chi connectivity index (χ3v) is 3.20. The van der Waals surface area contributed by atoms with E-state index in [1.54, 1.807) is 0 Å². The summed E-state index contributed by atoms with van der Waals surface area (Å²) >= 11 is 5.83. The molecule has 3 heteroatoms. The number of aryl methyl sites for hydroxylation is 1. The van der Waals surface area contributed by atoms with Gasteiger partial charge in [-0.3, -0.25) is 0 Å². The maximum atomic E-state index is 5.83. The summed E-state index contributed by atoms with van der Waals surface area (Å²) in [6.45, 7) is 2.97. The fraction of sp³-hybridized carbons (Fsp3) is 0.583. The maximum Gasteiger partial charge on any atom is 0.128 e. The van der Waals surface area contributed by atoms with Crippen LogP contribution in [0.3, 0.4) is 0 Å². The lowest BCUT2D eigenvalue weighted by Crippen LogP contribution is -2.41. The zero-order valence-corrected chi connectivity index (χ0v) is 9.87. The van der Waals surface area contributed by atoms with Crippen molar-refractivity contribution in [1.29, 1.82) is 0 Å². The molecule has 1 aliphatic rings. The maximum absolute atomic E-state index is 5.83. The molecule has 0 spiro atoms. The Balaban J connectivity index is 2.12. The van der Waals surface area contributed by atoms with Crippen LogP contribution < -0.4 is 4.90 Å². The van der Waals surface area contributed by atoms with Gasteiger partial charge in [0.2, 0.25) is 0 Å². The lowest BCUT2D eigenvalue weighted by Gasteiger charge is -2.38. The summed E-state index contributed by atoms with van der Waals surface area (Å²) in [6, 6.07) is 4.88. The van der Waals surface area contributed by atoms with Gasteiger partial charge in [0.05, 0.1) is 0 Å². The number of rotatable bonds is 4. The van der Waals surface area contributed by atoms with Gasteiger partial charge in [0.25, 0.3) is 0 Å². The highest BCUT2D eigenvalue weighted by molar-refractivity contribution is 6.18. The average Bonchev–Trinajstić information content (AvgIpc) is 2.16. The lowest BCUT2D eigenvalue weighted by atomic mass is 9.91. The van der Waals surface area contributed by atoms with E-state index in [2.05, 4.69) is 28.9 Å². The van der Waals surface area contributed by atoms with Crippen LogP contribution in [0, 0.1) is 6.92 Å². The molecule has 0 unspecified atom stereocenters. The van der Waals surface area contributed by atoms with Crippen LogP contribution in [-0.4, -0.2) is 23.5 Å². The second kappa shape index (κ2) is 4.84. The largest absolute Gasteiger partial charge is 0.352 e. The number of alkyl halides is 1. The van der Waals surface area contributed by atoms with Gasteiger partial charge in [-0.05, 0) is 37.8 Å². The molecule has 0 aromatic carbocycles. The molecule has 0 radical (unpaired) electrons. The van der Waals surface area contributed by atoms with E-state index in [-0.39, 0.29) is 0 Å². The van der Waals surface area contributed by atoms with Gasteiger partial charge in [0.1, 0.15) is 5.82 Å². The average molecular weight is 225 g/mol. The van der Waals surface area contributed by atoms with Crippen molar-refractivity contribution in [3.05, 3.63) is 23.9 Å². The highest BCUT2D eigenvalue weighted by Crippen LogP contribution is 2.28. The Morgan fingerprint density at radius 2 is 2.27 bits per heavy atom. The van der Waals surface area contributed by atoms with Gasteiger partial charge < -0.3 is 4.90 Å². The summed E-state index contributed by atoms with van der Waals surface area (Å²) < 4.78 is 0. The van der Waals surface area contributed by atoms with Crippen molar-refractivity contribution in [2.24, 2.45) is 0 Å². The molecule has 0 saturated heterocycles. The van der Waals surface area contributed by atoms with E-state index in [0.29, 0.717) is 11.9 Å². The molecule has 1 aromatic heterocycles. The van der Waals surface area contributed by atoms with Crippen LogP contribution in [0.1, 0.15) is 24.8 Å². The van der Waals surface area contributed by atoms with E-state index in [9.17, 15) is 0 Å². The minimum atomic E-state index is 0.666. The van der Waals surface area contributed by atoms with Crippen LogP contribution in [0.25, 0.3) is 0 Å². The first-order chi connectivity index (χ1) is 7.31. The Kier molecular flexibility index (Phi) is 3.47. The van der Waals surface area contributed by atoms with Crippen molar-refractivity contribution in [2.75, 3.05) is 17.3 Å². The molecular weight excluding hydrogens is 208 g/mol. The molecule has 0 N–H and O–H groups in total. The van der Waals surface area contributed by atoms with Crippen molar-refractivity contribution < 1.29 is 0 Å². The molecule has 2 nitrogen and oxygen atoms in total. The van der Waals surface area contributed by atoms with Crippen LogP contribution in [0.4, 0.5) is 5.82 Å². The normalized spacial score (nSPS) is 16.1. The molecule has 1 saturated carbocycles. The standard InChI is InChI=1S/C12H17ClN2/c1-10-5-6-12(14-9-10)15(8-7-13)11-3-2-4-11/h5-6,9,11H,2-4,7-8H2,1H3. The van der Waals surface area contributed by atoms with Crippen molar-refractivity contribution in [2.45, 2.75) is 32.2 Å². The Hall–Kier alpha value is -0.760. The van der Waals surface area contributed by atoms with Crippen LogP contribution in [0.15, 0.2) is 18.3 Å². The zero-order chi connectivity index (χ0) is 10.7. The van der Waals surface area contributed by atoms with E-state index in [1.165, 1.54) is 24.8 Å². The van der Waals surface area contributed by atoms with E-state index in [4.69, 9.17) is 11.6 Å². The predicted octanol–water partition coefficient (Wildman–Crippen LogP) is 2.99. The first kappa shape index (κ1) is 10.7. The van der Waals surface area contributed by atoms with Crippen LogP contribution in [-0.2, 0) is 0 Å². The molecule has 2 rings (SSSR count). The van der Waals surface area contributed by atoms with Gasteiger partial charge in [-0.25, -0.2) is 4.98 Å². The quantitative estimate of drug-likeness (QED) is 0.731. The lowest BCUT2D eigenvalue weighted by molar-refractivity contribution is 0.388. The summed E-state index contributed by atoms with van der Waals surface area (Å²) in [4.78, 5) is 6.81. The minimum Gasteiger partial charge on any atom is -0.352 e. The van der Waals surface area contributed by atoms with E-state index >= 15 is 0 Å². The molecule has 15 heavy (non-hydrogen) atoms. The molecule has 1 aliphatic carbocycles. The van der Waals surface area contributed by atoms with Gasteiger partial charge in [-0.1, -0.05) is 6.07 Å². The summed E-state index contributed by atoms with van der Waals surface area (Å²) in [6.07, 6.45) is 5.84. The molecule has 1 heterocycles. The number of anilines is 1. The molecule has 0 aliphatic heterocycles. The summed E-state index contributed by atoms with van der Waals surface area (Å²) in [5, 5.41) is 0. The summed E-state index contributed by atoms with van der Waals surface area (Å²) in [5.74, 6) is 1.75. The van der Waals surface area contributed by atoms with Crippen LogP contribution >= 0.6 is 11.6 Å². The molecule has 0 amide bonds. The number of aromatic nitrogens is 1. The van der Waals surface area contributed by atoms with Crippen molar-refractivity contribution in [3.8, 4) is 0 Å². The fourth-order valence-corrected chi connectivity index (χ4v) is 2.09. The van der Waals surface area contributed by atoms with Crippen molar-refractivity contribution in [3.63, 3.8) is 0 Å². The third-order valence-electron chi connectivity index (χ3n) is 3.03. The molecule has 82 valence electrons. The van der Waals surface area contributed by atoms with Crippen LogP contribution in [0.2, 0.25) is 0 Å². The Labute approximate surface area is 96.3 Å².